The fourth-order valence-electron chi connectivity index (χ4n) is 6.35. The molecule has 1 radical (unpaired) electrons. The first kappa shape index (κ1) is 31.7. The summed E-state index contributed by atoms with van der Waals surface area (Å²) in [6, 6.07) is 26.6. The van der Waals surface area contributed by atoms with Gasteiger partial charge in [0.15, 0.2) is 0 Å². The van der Waals surface area contributed by atoms with Gasteiger partial charge in [-0.05, 0) is 77.6 Å². The van der Waals surface area contributed by atoms with E-state index in [1.54, 1.807) is 18.3 Å². The van der Waals surface area contributed by atoms with E-state index in [9.17, 15) is 4.39 Å². The number of fused-ring (bicyclic) bond motifs is 3. The Kier molecular flexibility index (Phi) is 9.44. The zero-order valence-electron chi connectivity index (χ0n) is 33.5. The van der Waals surface area contributed by atoms with Crippen LogP contribution in [-0.4, -0.2) is 23.0 Å². The summed E-state index contributed by atoms with van der Waals surface area (Å²) < 4.78 is 50.4. The SMILES string of the molecule is Cc1cc(C)c(-c2ccnc(-c3[c-]ccc4c3oc3ncc(F)cc34)c2)c(C)c1.[2H]C([2H])([2H])c1c[c-]c(-c2cc(C([2H])(C)C)c([Si](C)(C)C)cn2)cc1.[Ir]. The van der Waals surface area contributed by atoms with Gasteiger partial charge in [0.05, 0.1) is 19.9 Å². The molecule has 0 saturated heterocycles. The molecule has 0 unspecified atom stereocenters. The third kappa shape index (κ3) is 7.71. The van der Waals surface area contributed by atoms with Crippen molar-refractivity contribution in [2.75, 3.05) is 0 Å². The second-order valence-corrected chi connectivity index (χ2v) is 18.8. The number of pyridine rings is 3. The van der Waals surface area contributed by atoms with E-state index in [1.807, 2.05) is 44.3 Å². The maximum atomic E-state index is 13.7. The molecule has 7 aromatic rings. The van der Waals surface area contributed by atoms with Crippen LogP contribution in [0.15, 0.2) is 89.7 Å². The van der Waals surface area contributed by atoms with Gasteiger partial charge >= 0.3 is 0 Å². The molecule has 257 valence electrons. The van der Waals surface area contributed by atoms with Crippen LogP contribution in [0.3, 0.4) is 0 Å². The van der Waals surface area contributed by atoms with Gasteiger partial charge < -0.3 is 14.4 Å². The minimum atomic E-state index is -2.13. The van der Waals surface area contributed by atoms with Gasteiger partial charge in [-0.15, -0.1) is 53.6 Å². The van der Waals surface area contributed by atoms with Crippen molar-refractivity contribution in [1.29, 1.82) is 0 Å². The summed E-state index contributed by atoms with van der Waals surface area (Å²) in [7, 11) is -1.61. The van der Waals surface area contributed by atoms with Gasteiger partial charge in [0.2, 0.25) is 5.71 Å². The monoisotopic (exact) mass is 860 g/mol. The van der Waals surface area contributed by atoms with Crippen LogP contribution in [0.4, 0.5) is 4.39 Å². The van der Waals surface area contributed by atoms with Crippen LogP contribution < -0.4 is 5.19 Å². The molecule has 0 aliphatic carbocycles. The minimum absolute atomic E-state index is 0. The quantitative estimate of drug-likeness (QED) is 0.128. The number of hydrogen-bond acceptors (Lipinski definition) is 4. The first-order valence-electron chi connectivity index (χ1n) is 18.3. The Morgan fingerprint density at radius 1 is 0.840 bits per heavy atom. The number of hydrogen-bond donors (Lipinski definition) is 0. The van der Waals surface area contributed by atoms with Gasteiger partial charge in [-0.25, -0.2) is 9.37 Å². The maximum absolute atomic E-state index is 13.7. The Hall–Kier alpha value is -4.29. The van der Waals surface area contributed by atoms with Crippen LogP contribution in [0, 0.1) is 45.6 Å². The number of aromatic nitrogens is 3. The summed E-state index contributed by atoms with van der Waals surface area (Å²) in [6.45, 7) is 14.7. The Balaban J connectivity index is 0.000000208. The predicted molar refractivity (Wildman–Crippen MR) is 204 cm³/mol. The van der Waals surface area contributed by atoms with Gasteiger partial charge in [-0.2, -0.15) is 0 Å². The summed E-state index contributed by atoms with van der Waals surface area (Å²) in [5.74, 6) is -1.11. The molecule has 4 heterocycles. The van der Waals surface area contributed by atoms with Crippen molar-refractivity contribution in [2.45, 2.75) is 67.0 Å². The fraction of sp³-hybridized carbons (Fsp3) is 0.233. The maximum Gasteiger partial charge on any atom is 0.216 e. The van der Waals surface area contributed by atoms with E-state index in [2.05, 4.69) is 85.7 Å². The molecule has 4 aromatic heterocycles. The van der Waals surface area contributed by atoms with Gasteiger partial charge in [-0.1, -0.05) is 86.7 Å². The standard InChI is InChI=1S/C25H18FN2O.C18H24NSi.Ir/c1-14-9-15(2)23(16(3)10-14)17-7-8-27-22(11-17)20-6-4-5-19-21-12-18(26)13-28-25(21)29-24(19)20;1-13(2)16-11-17(15-9-7-14(3)8-10-15)19-12-18(16)20(4,5)6;/h4-5,7-13H,1-3H3;7-9,11-13H,1-6H3;/q2*-1;/i;3D3,13D;. The van der Waals surface area contributed by atoms with Crippen LogP contribution in [0.25, 0.3) is 55.7 Å². The van der Waals surface area contributed by atoms with Crippen molar-refractivity contribution in [3.63, 3.8) is 0 Å². The van der Waals surface area contributed by atoms with Crippen molar-refractivity contribution < 1.29 is 34.4 Å². The van der Waals surface area contributed by atoms with Crippen LogP contribution in [0.5, 0.6) is 0 Å². The Labute approximate surface area is 315 Å². The molecule has 50 heavy (non-hydrogen) atoms. The molecule has 0 N–H and O–H groups in total. The van der Waals surface area contributed by atoms with Gasteiger partial charge in [-0.3, -0.25) is 0 Å². The van der Waals surface area contributed by atoms with Crippen molar-refractivity contribution >= 4 is 35.3 Å². The molecule has 0 bridgehead atoms. The van der Waals surface area contributed by atoms with E-state index < -0.39 is 20.8 Å². The number of halogens is 1. The molecule has 0 aliphatic heterocycles. The molecular formula is C43H42FIrN3OSi-2. The number of rotatable bonds is 5. The minimum Gasteiger partial charge on any atom is -0.486 e. The van der Waals surface area contributed by atoms with E-state index in [0.717, 1.165) is 45.2 Å². The topological polar surface area (TPSA) is 51.8 Å². The summed E-state index contributed by atoms with van der Waals surface area (Å²) in [4.78, 5) is 13.2. The van der Waals surface area contributed by atoms with Crippen molar-refractivity contribution in [3.8, 4) is 33.6 Å². The van der Waals surface area contributed by atoms with Crippen LogP contribution in [0.1, 0.15) is 53.0 Å². The van der Waals surface area contributed by atoms with Crippen LogP contribution in [-0.2, 0) is 20.1 Å². The Bertz CT molecular complexity index is 2450. The van der Waals surface area contributed by atoms with Gasteiger partial charge in [0.1, 0.15) is 5.82 Å². The summed E-state index contributed by atoms with van der Waals surface area (Å²) in [6.07, 6.45) is 4.85. The first-order chi connectivity index (χ1) is 24.8. The van der Waals surface area contributed by atoms with E-state index in [-0.39, 0.29) is 31.5 Å². The Morgan fingerprint density at radius 2 is 1.60 bits per heavy atom. The molecular weight excluding hydrogens is 814 g/mol. The third-order valence-electron chi connectivity index (χ3n) is 8.58. The molecule has 0 amide bonds. The summed E-state index contributed by atoms with van der Waals surface area (Å²) >= 11 is 0. The van der Waals surface area contributed by atoms with Crippen LogP contribution in [0.2, 0.25) is 19.6 Å². The van der Waals surface area contributed by atoms with E-state index in [4.69, 9.17) is 9.90 Å². The summed E-state index contributed by atoms with van der Waals surface area (Å²) in [5.41, 5.74) is 11.2. The average molecular weight is 860 g/mol. The first-order valence-corrected chi connectivity index (χ1v) is 19.8. The van der Waals surface area contributed by atoms with Crippen molar-refractivity contribution in [2.24, 2.45) is 0 Å². The molecule has 7 heteroatoms. The second-order valence-electron chi connectivity index (χ2n) is 13.8. The second kappa shape index (κ2) is 14.9. The number of nitrogens with zero attached hydrogens (tertiary/aromatic N) is 3. The van der Waals surface area contributed by atoms with E-state index in [0.29, 0.717) is 16.7 Å². The molecule has 7 rings (SSSR count). The number of benzene rings is 3. The van der Waals surface area contributed by atoms with Gasteiger partial charge in [0.25, 0.3) is 0 Å². The number of furan rings is 1. The van der Waals surface area contributed by atoms with Gasteiger partial charge in [0, 0.05) is 43.4 Å². The van der Waals surface area contributed by atoms with E-state index in [1.165, 1.54) is 39.6 Å². The smallest absolute Gasteiger partial charge is 0.216 e. The third-order valence-corrected chi connectivity index (χ3v) is 10.6. The summed E-state index contributed by atoms with van der Waals surface area (Å²) in [5, 5.41) is 2.64. The molecule has 0 aliphatic rings. The predicted octanol–water partition coefficient (Wildman–Crippen LogP) is 11.1. The van der Waals surface area contributed by atoms with Crippen molar-refractivity contribution in [3.05, 3.63) is 131 Å². The molecule has 0 spiro atoms. The van der Waals surface area contributed by atoms with E-state index >= 15 is 0 Å². The van der Waals surface area contributed by atoms with Crippen molar-refractivity contribution in [1.82, 2.24) is 15.0 Å². The zero-order valence-corrected chi connectivity index (χ0v) is 32.9. The largest absolute Gasteiger partial charge is 0.486 e. The van der Waals surface area contributed by atoms with Crippen LogP contribution >= 0.6 is 0 Å². The Morgan fingerprint density at radius 3 is 2.26 bits per heavy atom. The average Bonchev–Trinajstić information content (AvgIpc) is 3.45. The number of aryl methyl sites for hydroxylation is 4. The molecule has 3 aromatic carbocycles. The molecule has 0 atom stereocenters. The molecule has 4 nitrogen and oxygen atoms in total. The molecule has 0 fully saturated rings. The fourth-order valence-corrected chi connectivity index (χ4v) is 7.93. The normalized spacial score (nSPS) is 13.1. The zero-order chi connectivity index (χ0) is 38.5. The molecule has 0 saturated carbocycles.